The van der Waals surface area contributed by atoms with Crippen LogP contribution < -0.4 is 10.2 Å². The first kappa shape index (κ1) is 18.7. The van der Waals surface area contributed by atoms with Gasteiger partial charge in [-0.25, -0.2) is 0 Å². The van der Waals surface area contributed by atoms with Crippen molar-refractivity contribution in [2.24, 2.45) is 0 Å². The van der Waals surface area contributed by atoms with E-state index in [9.17, 15) is 0 Å². The third-order valence-electron chi connectivity index (χ3n) is 5.63. The molecule has 0 atom stereocenters. The van der Waals surface area contributed by atoms with Crippen LogP contribution in [0.15, 0.2) is 66.7 Å². The highest BCUT2D eigenvalue weighted by molar-refractivity contribution is 5.74. The van der Waals surface area contributed by atoms with Gasteiger partial charge in [-0.05, 0) is 52.8 Å². The van der Waals surface area contributed by atoms with Gasteiger partial charge in [-0.1, -0.05) is 60.7 Å². The molecule has 1 heterocycles. The minimum Gasteiger partial charge on any atom is -0.395 e. The van der Waals surface area contributed by atoms with Crippen molar-refractivity contribution in [3.05, 3.63) is 89.0 Å². The van der Waals surface area contributed by atoms with Gasteiger partial charge in [-0.15, -0.1) is 0 Å². The van der Waals surface area contributed by atoms with Gasteiger partial charge in [0.15, 0.2) is 0 Å². The minimum atomic E-state index is 0.182. The maximum absolute atomic E-state index is 8.92. The van der Waals surface area contributed by atoms with Crippen LogP contribution in [0.3, 0.4) is 0 Å². The second-order valence-corrected chi connectivity index (χ2v) is 7.49. The number of nitrogens with zero attached hydrogens (tertiary/aromatic N) is 1. The molecule has 28 heavy (non-hydrogen) atoms. The van der Waals surface area contributed by atoms with E-state index in [0.717, 1.165) is 26.1 Å². The normalized spacial score (nSPS) is 13.4. The van der Waals surface area contributed by atoms with Crippen molar-refractivity contribution in [1.29, 1.82) is 0 Å². The summed E-state index contributed by atoms with van der Waals surface area (Å²) in [7, 11) is 0. The highest BCUT2D eigenvalue weighted by atomic mass is 16.3. The Hall–Kier alpha value is -2.62. The SMILES string of the molecule is Cc1c(-c2ccccc2)cccc1N1CCc2cc(CNCCO)ccc2C1. The van der Waals surface area contributed by atoms with E-state index in [1.54, 1.807) is 0 Å². The second kappa shape index (κ2) is 8.59. The molecule has 0 spiro atoms. The van der Waals surface area contributed by atoms with Crippen LogP contribution in [0.2, 0.25) is 0 Å². The van der Waals surface area contributed by atoms with Crippen molar-refractivity contribution in [3.8, 4) is 11.1 Å². The van der Waals surface area contributed by atoms with Gasteiger partial charge in [0.25, 0.3) is 0 Å². The minimum absolute atomic E-state index is 0.182. The quantitative estimate of drug-likeness (QED) is 0.633. The van der Waals surface area contributed by atoms with Crippen LogP contribution in [-0.4, -0.2) is 24.8 Å². The van der Waals surface area contributed by atoms with Gasteiger partial charge in [0.05, 0.1) is 6.61 Å². The molecular weight excluding hydrogens is 344 g/mol. The molecule has 0 fully saturated rings. The zero-order valence-electron chi connectivity index (χ0n) is 16.5. The molecule has 2 N–H and O–H groups in total. The van der Waals surface area contributed by atoms with Crippen LogP contribution in [-0.2, 0) is 19.5 Å². The number of rotatable bonds is 6. The Morgan fingerprint density at radius 1 is 0.964 bits per heavy atom. The Morgan fingerprint density at radius 3 is 2.64 bits per heavy atom. The number of fused-ring (bicyclic) bond motifs is 1. The Bertz CT molecular complexity index is 937. The number of anilines is 1. The predicted octanol–water partition coefficient (Wildman–Crippen LogP) is 4.31. The Balaban J connectivity index is 1.55. The standard InChI is InChI=1S/C25H28N2O/c1-19-24(21-6-3-2-4-7-21)8-5-9-25(19)27-14-12-22-16-20(17-26-13-15-28)10-11-23(22)18-27/h2-11,16,26,28H,12-15,17-18H2,1H3. The number of nitrogens with one attached hydrogen (secondary N) is 1. The first-order chi connectivity index (χ1) is 13.8. The summed E-state index contributed by atoms with van der Waals surface area (Å²) in [5.74, 6) is 0. The van der Waals surface area contributed by atoms with E-state index >= 15 is 0 Å². The van der Waals surface area contributed by atoms with Crippen LogP contribution in [0.25, 0.3) is 11.1 Å². The van der Waals surface area contributed by atoms with Crippen molar-refractivity contribution < 1.29 is 5.11 Å². The Labute approximate surface area is 167 Å². The largest absolute Gasteiger partial charge is 0.395 e. The number of hydrogen-bond acceptors (Lipinski definition) is 3. The molecule has 3 aromatic carbocycles. The van der Waals surface area contributed by atoms with Gasteiger partial charge < -0.3 is 15.3 Å². The summed E-state index contributed by atoms with van der Waals surface area (Å²) in [6.07, 6.45) is 1.07. The molecule has 3 heteroatoms. The van der Waals surface area contributed by atoms with Crippen molar-refractivity contribution in [2.45, 2.75) is 26.4 Å². The molecule has 0 amide bonds. The van der Waals surface area contributed by atoms with Gasteiger partial charge >= 0.3 is 0 Å². The summed E-state index contributed by atoms with van der Waals surface area (Å²) in [4.78, 5) is 2.51. The number of hydrogen-bond donors (Lipinski definition) is 2. The molecule has 1 aliphatic heterocycles. The molecule has 3 aromatic rings. The lowest BCUT2D eigenvalue weighted by atomic mass is 9.94. The second-order valence-electron chi connectivity index (χ2n) is 7.49. The van der Waals surface area contributed by atoms with Crippen molar-refractivity contribution in [3.63, 3.8) is 0 Å². The third kappa shape index (κ3) is 3.96. The third-order valence-corrected chi connectivity index (χ3v) is 5.63. The highest BCUT2D eigenvalue weighted by Crippen LogP contribution is 2.33. The van der Waals surface area contributed by atoms with Crippen LogP contribution in [0.1, 0.15) is 22.3 Å². The number of aliphatic hydroxyl groups excluding tert-OH is 1. The summed E-state index contributed by atoms with van der Waals surface area (Å²) in [5, 5.41) is 12.2. The van der Waals surface area contributed by atoms with E-state index in [-0.39, 0.29) is 6.61 Å². The molecule has 0 saturated carbocycles. The fourth-order valence-corrected chi connectivity index (χ4v) is 4.13. The summed E-state index contributed by atoms with van der Waals surface area (Å²) < 4.78 is 0. The van der Waals surface area contributed by atoms with Gasteiger partial charge in [0, 0.05) is 31.9 Å². The average Bonchev–Trinajstić information content (AvgIpc) is 2.74. The monoisotopic (exact) mass is 372 g/mol. The van der Waals surface area contributed by atoms with Gasteiger partial charge in [-0.2, -0.15) is 0 Å². The van der Waals surface area contributed by atoms with Crippen LogP contribution >= 0.6 is 0 Å². The fourth-order valence-electron chi connectivity index (χ4n) is 4.13. The molecular formula is C25H28N2O. The smallest absolute Gasteiger partial charge is 0.0556 e. The lowest BCUT2D eigenvalue weighted by Crippen LogP contribution is -2.31. The molecule has 0 aliphatic carbocycles. The molecule has 144 valence electrons. The lowest BCUT2D eigenvalue weighted by Gasteiger charge is -2.33. The van der Waals surface area contributed by atoms with Crippen molar-refractivity contribution in [2.75, 3.05) is 24.6 Å². The predicted molar refractivity (Wildman–Crippen MR) is 117 cm³/mol. The van der Waals surface area contributed by atoms with E-state index in [1.165, 1.54) is 39.1 Å². The van der Waals surface area contributed by atoms with Crippen molar-refractivity contribution >= 4 is 5.69 Å². The zero-order chi connectivity index (χ0) is 19.3. The molecule has 0 saturated heterocycles. The van der Waals surface area contributed by atoms with E-state index in [4.69, 9.17) is 5.11 Å². The maximum atomic E-state index is 8.92. The molecule has 0 radical (unpaired) electrons. The molecule has 0 unspecified atom stereocenters. The van der Waals surface area contributed by atoms with Gasteiger partial charge in [0.2, 0.25) is 0 Å². The number of aliphatic hydroxyl groups is 1. The highest BCUT2D eigenvalue weighted by Gasteiger charge is 2.19. The van der Waals surface area contributed by atoms with Gasteiger partial charge in [0.1, 0.15) is 0 Å². The number of benzene rings is 3. The fraction of sp³-hybridized carbons (Fsp3) is 0.280. The van der Waals surface area contributed by atoms with Gasteiger partial charge in [-0.3, -0.25) is 0 Å². The summed E-state index contributed by atoms with van der Waals surface area (Å²) >= 11 is 0. The maximum Gasteiger partial charge on any atom is 0.0556 e. The summed E-state index contributed by atoms with van der Waals surface area (Å²) in [6, 6.07) is 24.1. The summed E-state index contributed by atoms with van der Waals surface area (Å²) in [5.41, 5.74) is 9.44. The van der Waals surface area contributed by atoms with E-state index < -0.39 is 0 Å². The Morgan fingerprint density at radius 2 is 1.82 bits per heavy atom. The lowest BCUT2D eigenvalue weighted by molar-refractivity contribution is 0.292. The molecule has 1 aliphatic rings. The molecule has 0 bridgehead atoms. The van der Waals surface area contributed by atoms with E-state index in [2.05, 4.69) is 83.9 Å². The Kier molecular flexibility index (Phi) is 5.75. The molecule has 0 aromatic heterocycles. The summed E-state index contributed by atoms with van der Waals surface area (Å²) in [6.45, 7) is 5.88. The molecule has 4 rings (SSSR count). The zero-order valence-corrected chi connectivity index (χ0v) is 16.5. The average molecular weight is 373 g/mol. The van der Waals surface area contributed by atoms with Crippen LogP contribution in [0.4, 0.5) is 5.69 Å². The first-order valence-corrected chi connectivity index (χ1v) is 10.1. The first-order valence-electron chi connectivity index (χ1n) is 10.1. The van der Waals surface area contributed by atoms with Crippen molar-refractivity contribution in [1.82, 2.24) is 5.32 Å². The van der Waals surface area contributed by atoms with E-state index in [0.29, 0.717) is 6.54 Å². The topological polar surface area (TPSA) is 35.5 Å². The van der Waals surface area contributed by atoms with Crippen LogP contribution in [0, 0.1) is 6.92 Å². The van der Waals surface area contributed by atoms with E-state index in [1.807, 2.05) is 0 Å². The molecule has 3 nitrogen and oxygen atoms in total. The van der Waals surface area contributed by atoms with Crippen LogP contribution in [0.5, 0.6) is 0 Å².